The molecule has 0 aromatic heterocycles. The van der Waals surface area contributed by atoms with Crippen LogP contribution in [0.3, 0.4) is 0 Å². The molecule has 2 aromatic carbocycles. The van der Waals surface area contributed by atoms with E-state index in [9.17, 15) is 13.6 Å². The monoisotopic (exact) mass is 288 g/mol. The summed E-state index contributed by atoms with van der Waals surface area (Å²) in [7, 11) is 0. The maximum atomic E-state index is 13.4. The lowest BCUT2D eigenvalue weighted by molar-refractivity contribution is -0.132. The zero-order valence-corrected chi connectivity index (χ0v) is 11.4. The minimum absolute atomic E-state index is 0.119. The molecule has 0 aliphatic carbocycles. The largest absolute Gasteiger partial charge is 0.478 e. The Balaban J connectivity index is 2.54. The highest BCUT2D eigenvalue weighted by molar-refractivity contribution is 5.86. The molecule has 0 unspecified atom stereocenters. The van der Waals surface area contributed by atoms with Gasteiger partial charge in [-0.15, -0.1) is 0 Å². The number of hydrogen-bond donors (Lipinski definition) is 1. The highest BCUT2D eigenvalue weighted by Crippen LogP contribution is 2.28. The molecule has 2 rings (SSSR count). The fourth-order valence-electron chi connectivity index (χ4n) is 2.11. The van der Waals surface area contributed by atoms with Crippen molar-refractivity contribution in [1.29, 1.82) is 0 Å². The minimum atomic E-state index is -1.06. The van der Waals surface area contributed by atoms with Crippen LogP contribution in [-0.4, -0.2) is 11.1 Å². The van der Waals surface area contributed by atoms with Crippen LogP contribution in [0.2, 0.25) is 0 Å². The zero-order valence-electron chi connectivity index (χ0n) is 11.4. The van der Waals surface area contributed by atoms with Gasteiger partial charge in [0, 0.05) is 11.5 Å². The van der Waals surface area contributed by atoms with Crippen molar-refractivity contribution in [1.82, 2.24) is 0 Å². The maximum absolute atomic E-state index is 13.4. The number of carbonyl (C=O) groups is 1. The number of aliphatic carboxylic acids is 1. The van der Waals surface area contributed by atoms with Gasteiger partial charge < -0.3 is 5.11 Å². The second-order valence-electron chi connectivity index (χ2n) is 4.74. The highest BCUT2D eigenvalue weighted by Gasteiger charge is 2.15. The lowest BCUT2D eigenvalue weighted by atomic mass is 9.89. The Bertz CT molecular complexity index is 647. The number of allylic oxidation sites excluding steroid dienone is 1. The summed E-state index contributed by atoms with van der Waals surface area (Å²) < 4.78 is 26.8. The SMILES string of the molecule is CC(=CC(c1cccc(F)c1)c1cccc(F)c1)C(=O)O. The molecule has 0 heterocycles. The first-order chi connectivity index (χ1) is 9.97. The number of hydrogen-bond acceptors (Lipinski definition) is 1. The third-order valence-corrected chi connectivity index (χ3v) is 3.17. The molecule has 0 amide bonds. The summed E-state index contributed by atoms with van der Waals surface area (Å²) in [5, 5.41) is 9.02. The van der Waals surface area contributed by atoms with Crippen LogP contribution < -0.4 is 0 Å². The van der Waals surface area contributed by atoms with Crippen LogP contribution in [0.4, 0.5) is 8.78 Å². The fraction of sp³-hybridized carbons (Fsp3) is 0.118. The Morgan fingerprint density at radius 2 is 1.52 bits per heavy atom. The molecule has 4 heteroatoms. The predicted octanol–water partition coefficient (Wildman–Crippen LogP) is 4.13. The Morgan fingerprint density at radius 1 is 1.05 bits per heavy atom. The molecule has 2 aromatic rings. The van der Waals surface area contributed by atoms with E-state index in [4.69, 9.17) is 5.11 Å². The van der Waals surface area contributed by atoms with Crippen LogP contribution in [0.1, 0.15) is 24.0 Å². The Morgan fingerprint density at radius 3 is 1.90 bits per heavy atom. The van der Waals surface area contributed by atoms with Gasteiger partial charge in [-0.05, 0) is 42.3 Å². The lowest BCUT2D eigenvalue weighted by Crippen LogP contribution is -2.04. The van der Waals surface area contributed by atoms with Gasteiger partial charge in [-0.2, -0.15) is 0 Å². The Kier molecular flexibility index (Phi) is 4.48. The van der Waals surface area contributed by atoms with E-state index in [1.54, 1.807) is 24.3 Å². The number of carboxylic acid groups (broad SMARTS) is 1. The molecule has 1 N–H and O–H groups in total. The summed E-state index contributed by atoms with van der Waals surface area (Å²) >= 11 is 0. The quantitative estimate of drug-likeness (QED) is 0.859. The minimum Gasteiger partial charge on any atom is -0.478 e. The maximum Gasteiger partial charge on any atom is 0.330 e. The van der Waals surface area contributed by atoms with E-state index < -0.39 is 23.5 Å². The number of carboxylic acids is 1. The van der Waals surface area contributed by atoms with E-state index in [2.05, 4.69) is 0 Å². The molecule has 0 spiro atoms. The van der Waals surface area contributed by atoms with E-state index in [0.717, 1.165) is 0 Å². The molecule has 108 valence electrons. The average molecular weight is 288 g/mol. The first-order valence-corrected chi connectivity index (χ1v) is 6.40. The van der Waals surface area contributed by atoms with Crippen LogP contribution in [0.5, 0.6) is 0 Å². The first-order valence-electron chi connectivity index (χ1n) is 6.40. The van der Waals surface area contributed by atoms with Gasteiger partial charge in [0.15, 0.2) is 0 Å². The Hall–Kier alpha value is -2.49. The topological polar surface area (TPSA) is 37.3 Å². The molecule has 2 nitrogen and oxygen atoms in total. The number of halogens is 2. The smallest absolute Gasteiger partial charge is 0.330 e. The Labute approximate surface area is 121 Å². The van der Waals surface area contributed by atoms with Crippen molar-refractivity contribution >= 4 is 5.97 Å². The molecule has 0 saturated carbocycles. The van der Waals surface area contributed by atoms with Gasteiger partial charge in [-0.3, -0.25) is 0 Å². The molecule has 0 aliphatic heterocycles. The van der Waals surface area contributed by atoms with Crippen molar-refractivity contribution in [2.45, 2.75) is 12.8 Å². The van der Waals surface area contributed by atoms with Gasteiger partial charge in [0.1, 0.15) is 11.6 Å². The van der Waals surface area contributed by atoms with E-state index in [0.29, 0.717) is 11.1 Å². The summed E-state index contributed by atoms with van der Waals surface area (Å²) in [4.78, 5) is 11.0. The third kappa shape index (κ3) is 3.75. The molecule has 0 bridgehead atoms. The third-order valence-electron chi connectivity index (χ3n) is 3.17. The molecule has 21 heavy (non-hydrogen) atoms. The molecule has 0 aliphatic rings. The van der Waals surface area contributed by atoms with Gasteiger partial charge in [0.2, 0.25) is 0 Å². The second kappa shape index (κ2) is 6.31. The summed E-state index contributed by atoms with van der Waals surface area (Å²) in [6, 6.07) is 11.7. The molecule has 0 saturated heterocycles. The van der Waals surface area contributed by atoms with Crippen molar-refractivity contribution in [3.8, 4) is 0 Å². The molecular weight excluding hydrogens is 274 g/mol. The average Bonchev–Trinajstić information content (AvgIpc) is 2.44. The van der Waals surface area contributed by atoms with E-state index in [1.165, 1.54) is 37.3 Å². The first kappa shape index (κ1) is 14.9. The van der Waals surface area contributed by atoms with Gasteiger partial charge >= 0.3 is 5.97 Å². The van der Waals surface area contributed by atoms with E-state index in [1.807, 2.05) is 0 Å². The fourth-order valence-corrected chi connectivity index (χ4v) is 2.11. The number of rotatable bonds is 4. The van der Waals surface area contributed by atoms with Gasteiger partial charge in [-0.25, -0.2) is 13.6 Å². The number of benzene rings is 2. The van der Waals surface area contributed by atoms with Crippen molar-refractivity contribution in [3.05, 3.63) is 82.9 Å². The molecular formula is C17H14F2O2. The second-order valence-corrected chi connectivity index (χ2v) is 4.74. The van der Waals surface area contributed by atoms with Crippen molar-refractivity contribution in [2.75, 3.05) is 0 Å². The summed E-state index contributed by atoms with van der Waals surface area (Å²) in [5.74, 6) is -2.43. The lowest BCUT2D eigenvalue weighted by Gasteiger charge is -2.15. The van der Waals surface area contributed by atoms with Crippen LogP contribution in [-0.2, 0) is 4.79 Å². The predicted molar refractivity (Wildman–Crippen MR) is 76.0 cm³/mol. The van der Waals surface area contributed by atoms with Gasteiger partial charge in [0.25, 0.3) is 0 Å². The van der Waals surface area contributed by atoms with Gasteiger partial charge in [0.05, 0.1) is 0 Å². The van der Waals surface area contributed by atoms with Gasteiger partial charge in [-0.1, -0.05) is 30.3 Å². The van der Waals surface area contributed by atoms with Crippen LogP contribution in [0.15, 0.2) is 60.2 Å². The highest BCUT2D eigenvalue weighted by atomic mass is 19.1. The normalized spacial score (nSPS) is 11.7. The van der Waals surface area contributed by atoms with Crippen molar-refractivity contribution < 1.29 is 18.7 Å². The standard InChI is InChI=1S/C17H14F2O2/c1-11(17(20)21)8-16(12-4-2-6-14(18)9-12)13-5-3-7-15(19)10-13/h2-10,16H,1H3,(H,20,21). The van der Waals surface area contributed by atoms with Crippen LogP contribution in [0, 0.1) is 11.6 Å². The van der Waals surface area contributed by atoms with E-state index >= 15 is 0 Å². The zero-order chi connectivity index (χ0) is 15.4. The van der Waals surface area contributed by atoms with Crippen LogP contribution in [0.25, 0.3) is 0 Å². The van der Waals surface area contributed by atoms with Crippen LogP contribution >= 0.6 is 0 Å². The molecule has 0 atom stereocenters. The van der Waals surface area contributed by atoms with Crippen molar-refractivity contribution in [3.63, 3.8) is 0 Å². The molecule has 0 fully saturated rings. The van der Waals surface area contributed by atoms with Crippen molar-refractivity contribution in [2.24, 2.45) is 0 Å². The summed E-state index contributed by atoms with van der Waals surface area (Å²) in [6.45, 7) is 1.45. The molecule has 0 radical (unpaired) electrons. The summed E-state index contributed by atoms with van der Waals surface area (Å²) in [6.07, 6.45) is 1.49. The summed E-state index contributed by atoms with van der Waals surface area (Å²) in [5.41, 5.74) is 1.26. The van der Waals surface area contributed by atoms with E-state index in [-0.39, 0.29) is 5.57 Å².